The van der Waals surface area contributed by atoms with Crippen LogP contribution >= 0.6 is 11.6 Å². The molecular formula is C15H18ClNO. The van der Waals surface area contributed by atoms with Crippen molar-refractivity contribution in [1.29, 1.82) is 0 Å². The number of carbonyl (C=O) groups excluding carboxylic acids is 1. The van der Waals surface area contributed by atoms with Gasteiger partial charge < -0.3 is 5.32 Å². The van der Waals surface area contributed by atoms with Crippen LogP contribution in [0.25, 0.3) is 0 Å². The lowest BCUT2D eigenvalue weighted by Gasteiger charge is -2.50. The Kier molecular flexibility index (Phi) is 2.67. The third-order valence-corrected chi connectivity index (χ3v) is 5.16. The van der Waals surface area contributed by atoms with Gasteiger partial charge in [-0.2, -0.15) is 0 Å². The summed E-state index contributed by atoms with van der Waals surface area (Å²) in [5.74, 6) is 0.568. The molecule has 1 saturated heterocycles. The number of hydrogen-bond acceptors (Lipinski definition) is 1. The molecule has 1 aromatic rings. The highest BCUT2D eigenvalue weighted by Crippen LogP contribution is 2.46. The van der Waals surface area contributed by atoms with Crippen molar-refractivity contribution in [3.05, 3.63) is 34.3 Å². The molecule has 3 heteroatoms. The minimum Gasteiger partial charge on any atom is -0.352 e. The molecule has 0 bridgehead atoms. The summed E-state index contributed by atoms with van der Waals surface area (Å²) in [6.45, 7) is 4.48. The van der Waals surface area contributed by atoms with Gasteiger partial charge in [0.25, 0.3) is 0 Å². The van der Waals surface area contributed by atoms with E-state index in [1.165, 1.54) is 11.1 Å². The van der Waals surface area contributed by atoms with Crippen LogP contribution < -0.4 is 5.32 Å². The Morgan fingerprint density at radius 3 is 3.00 bits per heavy atom. The van der Waals surface area contributed by atoms with E-state index in [4.69, 9.17) is 11.6 Å². The molecule has 1 aromatic carbocycles. The van der Waals surface area contributed by atoms with Gasteiger partial charge >= 0.3 is 0 Å². The Balaban J connectivity index is 2.12. The molecule has 1 amide bonds. The van der Waals surface area contributed by atoms with Crippen molar-refractivity contribution in [2.24, 2.45) is 5.92 Å². The molecule has 0 spiro atoms. The van der Waals surface area contributed by atoms with Gasteiger partial charge in [0.05, 0.1) is 0 Å². The molecule has 96 valence electrons. The standard InChI is InChI=1S/C15H18ClNO/c1-9-7-14(18)17-13-6-3-10-8-11(16)4-5-12(10)15(9,13)2/h4-5,8-9,13H,3,6-7H2,1-2H3,(H,17,18). The third kappa shape index (κ3) is 1.58. The molecule has 0 aromatic heterocycles. The molecule has 3 unspecified atom stereocenters. The van der Waals surface area contributed by atoms with Crippen LogP contribution in [-0.4, -0.2) is 11.9 Å². The van der Waals surface area contributed by atoms with E-state index >= 15 is 0 Å². The Morgan fingerprint density at radius 2 is 2.22 bits per heavy atom. The summed E-state index contributed by atoms with van der Waals surface area (Å²) in [5.41, 5.74) is 2.77. The van der Waals surface area contributed by atoms with Crippen LogP contribution in [0, 0.1) is 5.92 Å². The predicted molar refractivity (Wildman–Crippen MR) is 72.8 cm³/mol. The number of aryl methyl sites for hydroxylation is 1. The fourth-order valence-corrected chi connectivity index (χ4v) is 3.85. The van der Waals surface area contributed by atoms with Crippen molar-refractivity contribution in [2.45, 2.75) is 44.6 Å². The number of benzene rings is 1. The Morgan fingerprint density at radius 1 is 1.44 bits per heavy atom. The molecule has 0 saturated carbocycles. The van der Waals surface area contributed by atoms with E-state index in [1.807, 2.05) is 6.07 Å². The molecule has 2 nitrogen and oxygen atoms in total. The number of carbonyl (C=O) groups is 1. The van der Waals surface area contributed by atoms with Crippen LogP contribution in [0.3, 0.4) is 0 Å². The highest BCUT2D eigenvalue weighted by molar-refractivity contribution is 6.30. The van der Waals surface area contributed by atoms with E-state index in [0.29, 0.717) is 12.3 Å². The van der Waals surface area contributed by atoms with Gasteiger partial charge in [0.2, 0.25) is 5.91 Å². The lowest BCUT2D eigenvalue weighted by Crippen LogP contribution is -2.59. The van der Waals surface area contributed by atoms with Crippen molar-refractivity contribution in [1.82, 2.24) is 5.32 Å². The van der Waals surface area contributed by atoms with Gasteiger partial charge in [0.1, 0.15) is 0 Å². The quantitative estimate of drug-likeness (QED) is 0.766. The van der Waals surface area contributed by atoms with E-state index in [2.05, 4.69) is 31.3 Å². The van der Waals surface area contributed by atoms with Gasteiger partial charge in [0, 0.05) is 22.9 Å². The van der Waals surface area contributed by atoms with E-state index in [1.54, 1.807) is 0 Å². The molecule has 3 atom stereocenters. The summed E-state index contributed by atoms with van der Waals surface area (Å²) in [4.78, 5) is 11.7. The van der Waals surface area contributed by atoms with Crippen LogP contribution in [0.2, 0.25) is 5.02 Å². The topological polar surface area (TPSA) is 29.1 Å². The average Bonchev–Trinajstić information content (AvgIpc) is 2.31. The van der Waals surface area contributed by atoms with Crippen LogP contribution in [-0.2, 0) is 16.6 Å². The largest absolute Gasteiger partial charge is 0.352 e. The number of halogens is 1. The van der Waals surface area contributed by atoms with Gasteiger partial charge in [-0.15, -0.1) is 0 Å². The van der Waals surface area contributed by atoms with Crippen molar-refractivity contribution in [2.75, 3.05) is 0 Å². The summed E-state index contributed by atoms with van der Waals surface area (Å²) in [5, 5.41) is 3.98. The van der Waals surface area contributed by atoms with E-state index in [-0.39, 0.29) is 17.4 Å². The maximum Gasteiger partial charge on any atom is 0.220 e. The van der Waals surface area contributed by atoms with Crippen LogP contribution in [0.5, 0.6) is 0 Å². The van der Waals surface area contributed by atoms with E-state index in [9.17, 15) is 4.79 Å². The first-order valence-electron chi connectivity index (χ1n) is 6.60. The second-order valence-corrected chi connectivity index (χ2v) is 6.28. The molecule has 2 aliphatic rings. The first-order chi connectivity index (χ1) is 8.51. The van der Waals surface area contributed by atoms with Gasteiger partial charge in [-0.05, 0) is 42.0 Å². The number of hydrogen-bond donors (Lipinski definition) is 1. The fourth-order valence-electron chi connectivity index (χ4n) is 3.66. The predicted octanol–water partition coefficient (Wildman–Crippen LogP) is 3.07. The highest BCUT2D eigenvalue weighted by Gasteiger charge is 2.48. The van der Waals surface area contributed by atoms with Gasteiger partial charge in [-0.25, -0.2) is 0 Å². The molecule has 3 rings (SSSR count). The second kappa shape index (κ2) is 3.99. The minimum absolute atomic E-state index is 0.0477. The fraction of sp³-hybridized carbons (Fsp3) is 0.533. The SMILES string of the molecule is CC1CC(=O)NC2CCc3cc(Cl)ccc3C12C. The molecule has 1 fully saturated rings. The highest BCUT2D eigenvalue weighted by atomic mass is 35.5. The summed E-state index contributed by atoms with van der Waals surface area (Å²) in [7, 11) is 0. The maximum absolute atomic E-state index is 11.7. The zero-order valence-electron chi connectivity index (χ0n) is 10.8. The monoisotopic (exact) mass is 263 g/mol. The molecule has 18 heavy (non-hydrogen) atoms. The molecule has 1 heterocycles. The smallest absolute Gasteiger partial charge is 0.220 e. The first kappa shape index (κ1) is 12.0. The Bertz CT molecular complexity index is 513. The number of amides is 1. The number of fused-ring (bicyclic) bond motifs is 3. The number of nitrogens with one attached hydrogen (secondary N) is 1. The van der Waals surface area contributed by atoms with Gasteiger partial charge in [-0.3, -0.25) is 4.79 Å². The summed E-state index contributed by atoms with van der Waals surface area (Å²) in [6, 6.07) is 6.47. The van der Waals surface area contributed by atoms with Crippen molar-refractivity contribution in [3.8, 4) is 0 Å². The third-order valence-electron chi connectivity index (χ3n) is 4.92. The molecule has 1 aliphatic carbocycles. The molecular weight excluding hydrogens is 246 g/mol. The zero-order valence-corrected chi connectivity index (χ0v) is 11.6. The number of piperidine rings is 1. The van der Waals surface area contributed by atoms with Crippen LogP contribution in [0.15, 0.2) is 18.2 Å². The molecule has 1 N–H and O–H groups in total. The summed E-state index contributed by atoms with van der Waals surface area (Å²) in [6.07, 6.45) is 2.64. The summed E-state index contributed by atoms with van der Waals surface area (Å²) >= 11 is 6.09. The number of rotatable bonds is 0. The van der Waals surface area contributed by atoms with Crippen molar-refractivity contribution >= 4 is 17.5 Å². The van der Waals surface area contributed by atoms with Gasteiger partial charge in [-0.1, -0.05) is 31.5 Å². The van der Waals surface area contributed by atoms with Crippen molar-refractivity contribution in [3.63, 3.8) is 0 Å². The lowest BCUT2D eigenvalue weighted by molar-refractivity contribution is -0.127. The summed E-state index contributed by atoms with van der Waals surface area (Å²) < 4.78 is 0. The molecule has 1 aliphatic heterocycles. The van der Waals surface area contributed by atoms with E-state index < -0.39 is 0 Å². The van der Waals surface area contributed by atoms with Crippen molar-refractivity contribution < 1.29 is 4.79 Å². The normalized spacial score (nSPS) is 34.5. The minimum atomic E-state index is 0.0477. The second-order valence-electron chi connectivity index (χ2n) is 5.85. The van der Waals surface area contributed by atoms with Gasteiger partial charge in [0.15, 0.2) is 0 Å². The van der Waals surface area contributed by atoms with Crippen LogP contribution in [0.1, 0.15) is 37.8 Å². The lowest BCUT2D eigenvalue weighted by atomic mass is 9.59. The zero-order chi connectivity index (χ0) is 12.9. The average molecular weight is 264 g/mol. The van der Waals surface area contributed by atoms with E-state index in [0.717, 1.165) is 17.9 Å². The molecule has 0 radical (unpaired) electrons. The Labute approximate surface area is 113 Å². The van der Waals surface area contributed by atoms with Crippen LogP contribution in [0.4, 0.5) is 0 Å². The Hall–Kier alpha value is -1.02. The maximum atomic E-state index is 11.7. The first-order valence-corrected chi connectivity index (χ1v) is 6.98.